The van der Waals surface area contributed by atoms with E-state index in [2.05, 4.69) is 39.1 Å². The second kappa shape index (κ2) is 17.4. The van der Waals surface area contributed by atoms with Gasteiger partial charge in [-0.3, -0.25) is 20.9 Å². The molecule has 300 valence electrons. The maximum Gasteiger partial charge on any atom is 0.129 e. The Bertz CT molecular complexity index is 2190. The van der Waals surface area contributed by atoms with E-state index >= 15 is 0 Å². The van der Waals surface area contributed by atoms with Crippen LogP contribution in [-0.2, 0) is 0 Å². The maximum absolute atomic E-state index is 5.96. The molecule has 7 rings (SSSR count). The Labute approximate surface area is 339 Å². The van der Waals surface area contributed by atoms with Gasteiger partial charge < -0.3 is 37.9 Å². The van der Waals surface area contributed by atoms with Crippen LogP contribution in [0.3, 0.4) is 0 Å². The summed E-state index contributed by atoms with van der Waals surface area (Å²) in [7, 11) is 13.2. The van der Waals surface area contributed by atoms with Crippen LogP contribution >= 0.6 is 0 Å². The fourth-order valence-corrected chi connectivity index (χ4v) is 7.15. The highest BCUT2D eigenvalue weighted by atomic mass is 16.5. The van der Waals surface area contributed by atoms with Crippen molar-refractivity contribution in [3.8, 4) is 46.0 Å². The first kappa shape index (κ1) is 39.2. The summed E-state index contributed by atoms with van der Waals surface area (Å²) in [6.07, 6.45) is 6.49. The number of rotatable bonds is 15. The van der Waals surface area contributed by atoms with Gasteiger partial charge in [-0.25, -0.2) is 0 Å². The van der Waals surface area contributed by atoms with Gasteiger partial charge in [-0.2, -0.15) is 0 Å². The highest BCUT2D eigenvalue weighted by Crippen LogP contribution is 2.45. The number of benzene rings is 5. The summed E-state index contributed by atoms with van der Waals surface area (Å²) in [6.45, 7) is 0. The van der Waals surface area contributed by atoms with Crippen LogP contribution < -0.4 is 58.8 Å². The lowest BCUT2D eigenvalue weighted by Crippen LogP contribution is -2.37. The van der Waals surface area contributed by atoms with Crippen LogP contribution in [0.5, 0.6) is 46.0 Å². The van der Waals surface area contributed by atoms with Crippen molar-refractivity contribution in [3.63, 3.8) is 0 Å². The molecule has 0 saturated carbocycles. The van der Waals surface area contributed by atoms with Crippen molar-refractivity contribution in [2.75, 3.05) is 66.9 Å². The van der Waals surface area contributed by atoms with Crippen LogP contribution in [0.2, 0.25) is 0 Å². The molecule has 2 aliphatic heterocycles. The number of anilines is 2. The maximum atomic E-state index is 5.96. The minimum absolute atomic E-state index is 0.317. The summed E-state index contributed by atoms with van der Waals surface area (Å²) in [6, 6.07) is 32.7. The molecule has 0 radical (unpaired) electrons. The van der Waals surface area contributed by atoms with Gasteiger partial charge in [-0.05, 0) is 103 Å². The van der Waals surface area contributed by atoms with Gasteiger partial charge in [-0.1, -0.05) is 0 Å². The van der Waals surface area contributed by atoms with Crippen molar-refractivity contribution >= 4 is 17.5 Å². The number of nitrogens with zero attached hydrogens (tertiary/aromatic N) is 2. The van der Waals surface area contributed by atoms with Crippen molar-refractivity contribution in [3.05, 3.63) is 149 Å². The molecule has 0 spiro atoms. The number of hydrogen-bond donors (Lipinski definition) is 2. The van der Waals surface area contributed by atoms with Crippen molar-refractivity contribution < 1.29 is 37.9 Å². The van der Waals surface area contributed by atoms with E-state index in [0.29, 0.717) is 34.5 Å². The standard InChI is InChI=1S/C46H48N4O8/c1-51-32-15-10-30(11-16-32)49-42(37-21-19-35(54-4)25-45(37)57-7)27-40(47-49)39(23-29-9-14-34(53-3)24-44(29)56-6)41-28-43(38-22-20-36(55-5)26-46(38)58-8)50(48-41)31-12-17-33(52-2)18-13-31/h9-28,42-43,47-48H,1-8H3. The van der Waals surface area contributed by atoms with Crippen LogP contribution in [0.15, 0.2) is 132 Å². The fourth-order valence-electron chi connectivity index (χ4n) is 7.15. The topological polar surface area (TPSA) is 104 Å². The molecule has 0 amide bonds. The largest absolute Gasteiger partial charge is 0.497 e. The van der Waals surface area contributed by atoms with Crippen LogP contribution in [0, 0.1) is 0 Å². The molecule has 5 aromatic rings. The van der Waals surface area contributed by atoms with Crippen LogP contribution in [0.4, 0.5) is 11.4 Å². The van der Waals surface area contributed by atoms with Crippen LogP contribution in [-0.4, -0.2) is 56.9 Å². The van der Waals surface area contributed by atoms with E-state index in [1.165, 1.54) is 0 Å². The molecule has 0 bridgehead atoms. The minimum Gasteiger partial charge on any atom is -0.497 e. The molecule has 12 heteroatoms. The molecule has 2 N–H and O–H groups in total. The van der Waals surface area contributed by atoms with E-state index in [4.69, 9.17) is 37.9 Å². The van der Waals surface area contributed by atoms with E-state index in [9.17, 15) is 0 Å². The Morgan fingerprint density at radius 3 is 1.17 bits per heavy atom. The third-order valence-electron chi connectivity index (χ3n) is 10.2. The number of methoxy groups -OCH3 is 8. The third-order valence-corrected chi connectivity index (χ3v) is 10.2. The zero-order valence-electron chi connectivity index (χ0n) is 33.9. The molecule has 2 unspecified atom stereocenters. The Morgan fingerprint density at radius 1 is 0.431 bits per heavy atom. The van der Waals surface area contributed by atoms with Crippen molar-refractivity contribution in [2.24, 2.45) is 0 Å². The highest BCUT2D eigenvalue weighted by molar-refractivity contribution is 5.73. The quantitative estimate of drug-likeness (QED) is 0.107. The van der Waals surface area contributed by atoms with E-state index in [1.807, 2.05) is 103 Å². The van der Waals surface area contributed by atoms with Gasteiger partial charge in [0.25, 0.3) is 0 Å². The zero-order chi connectivity index (χ0) is 40.8. The summed E-state index contributed by atoms with van der Waals surface area (Å²) < 4.78 is 45.6. The van der Waals surface area contributed by atoms with Gasteiger partial charge in [0, 0.05) is 40.5 Å². The van der Waals surface area contributed by atoms with Gasteiger partial charge >= 0.3 is 0 Å². The Kier molecular flexibility index (Phi) is 11.7. The third kappa shape index (κ3) is 7.81. The van der Waals surface area contributed by atoms with Gasteiger partial charge in [0.05, 0.1) is 91.7 Å². The molecular weight excluding hydrogens is 737 g/mol. The summed E-state index contributed by atoms with van der Waals surface area (Å²) in [5, 5.41) is 4.22. The van der Waals surface area contributed by atoms with Gasteiger partial charge in [-0.15, -0.1) is 0 Å². The van der Waals surface area contributed by atoms with Gasteiger partial charge in [0.1, 0.15) is 46.0 Å². The summed E-state index contributed by atoms with van der Waals surface area (Å²) in [5.74, 6) is 5.58. The Hall–Kier alpha value is -7.08. The van der Waals surface area contributed by atoms with E-state index in [1.54, 1.807) is 56.9 Å². The number of nitrogens with one attached hydrogen (secondary N) is 2. The highest BCUT2D eigenvalue weighted by Gasteiger charge is 2.35. The molecule has 0 aliphatic carbocycles. The average molecular weight is 785 g/mol. The van der Waals surface area contributed by atoms with Crippen LogP contribution in [0.1, 0.15) is 28.8 Å². The normalized spacial score (nSPS) is 15.7. The second-order valence-electron chi connectivity index (χ2n) is 13.3. The molecule has 12 nitrogen and oxygen atoms in total. The smallest absolute Gasteiger partial charge is 0.129 e. The number of hydrogen-bond acceptors (Lipinski definition) is 12. The molecule has 58 heavy (non-hydrogen) atoms. The molecular formula is C46H48N4O8. The Morgan fingerprint density at radius 2 is 0.793 bits per heavy atom. The molecule has 0 saturated heterocycles. The summed E-state index contributed by atoms with van der Waals surface area (Å²) >= 11 is 0. The van der Waals surface area contributed by atoms with Crippen molar-refractivity contribution in [1.29, 1.82) is 0 Å². The van der Waals surface area contributed by atoms with Crippen molar-refractivity contribution in [1.82, 2.24) is 10.9 Å². The monoisotopic (exact) mass is 784 g/mol. The molecule has 0 fully saturated rings. The average Bonchev–Trinajstić information content (AvgIpc) is 3.93. The summed E-state index contributed by atoms with van der Waals surface area (Å²) in [4.78, 5) is 0. The lowest BCUT2D eigenvalue weighted by Gasteiger charge is -2.30. The lowest BCUT2D eigenvalue weighted by atomic mass is 9.98. The first-order valence-electron chi connectivity index (χ1n) is 18.6. The van der Waals surface area contributed by atoms with E-state index in [-0.39, 0.29) is 12.1 Å². The predicted octanol–water partition coefficient (Wildman–Crippen LogP) is 8.44. The molecule has 2 heterocycles. The Balaban J connectivity index is 1.43. The summed E-state index contributed by atoms with van der Waals surface area (Å²) in [5.41, 5.74) is 14.6. The lowest BCUT2D eigenvalue weighted by molar-refractivity contribution is 0.389. The molecule has 2 aliphatic rings. The number of hydrazine groups is 2. The minimum atomic E-state index is -0.317. The van der Waals surface area contributed by atoms with Crippen LogP contribution in [0.25, 0.3) is 6.08 Å². The SMILES string of the molecule is COc1ccc(N2NC(C(=Cc3ccc(OC)cc3OC)C3=CC(c4ccc(OC)cc4OC)N(c4ccc(OC)cc4)N3)=CC2c2ccc(OC)cc2OC)cc1. The predicted molar refractivity (Wildman–Crippen MR) is 225 cm³/mol. The first-order chi connectivity index (χ1) is 28.3. The fraction of sp³-hybridized carbons (Fsp3) is 0.217. The molecule has 2 atom stereocenters. The molecule has 5 aromatic carbocycles. The second-order valence-corrected chi connectivity index (χ2v) is 13.3. The number of ether oxygens (including phenoxy) is 8. The van der Waals surface area contributed by atoms with E-state index < -0.39 is 0 Å². The van der Waals surface area contributed by atoms with Gasteiger partial charge in [0.15, 0.2) is 0 Å². The zero-order valence-corrected chi connectivity index (χ0v) is 33.9. The van der Waals surface area contributed by atoms with Crippen molar-refractivity contribution in [2.45, 2.75) is 12.1 Å². The van der Waals surface area contributed by atoms with Gasteiger partial charge in [0.2, 0.25) is 0 Å². The molecule has 0 aromatic heterocycles. The first-order valence-corrected chi connectivity index (χ1v) is 18.6. The van der Waals surface area contributed by atoms with E-state index in [0.717, 1.165) is 56.5 Å².